The molecule has 94 valence electrons. The smallest absolute Gasteiger partial charge is 0.0166 e. The fourth-order valence-electron chi connectivity index (χ4n) is 2.81. The first-order valence-electron chi connectivity index (χ1n) is 6.93. The Kier molecular flexibility index (Phi) is 4.23. The largest absolute Gasteiger partial charge is 0.310 e. The van der Waals surface area contributed by atoms with Crippen molar-refractivity contribution in [1.29, 1.82) is 0 Å². The molecular formula is C14H27NS. The summed E-state index contributed by atoms with van der Waals surface area (Å²) in [6, 6.07) is 1.55. The minimum Gasteiger partial charge on any atom is -0.310 e. The molecule has 2 atom stereocenters. The second-order valence-electron chi connectivity index (χ2n) is 6.53. The van der Waals surface area contributed by atoms with Gasteiger partial charge in [0.05, 0.1) is 0 Å². The van der Waals surface area contributed by atoms with Gasteiger partial charge in [0, 0.05) is 17.8 Å². The monoisotopic (exact) mass is 241 g/mol. The predicted octanol–water partition coefficient (Wildman–Crippen LogP) is 3.69. The highest BCUT2D eigenvalue weighted by Crippen LogP contribution is 2.36. The van der Waals surface area contributed by atoms with E-state index in [1.54, 1.807) is 0 Å². The van der Waals surface area contributed by atoms with Crippen LogP contribution in [0, 0.1) is 11.3 Å². The van der Waals surface area contributed by atoms with E-state index in [-0.39, 0.29) is 0 Å². The third kappa shape index (κ3) is 3.96. The molecule has 0 aromatic heterocycles. The van der Waals surface area contributed by atoms with Gasteiger partial charge in [-0.2, -0.15) is 11.8 Å². The van der Waals surface area contributed by atoms with Gasteiger partial charge in [0.15, 0.2) is 0 Å². The zero-order valence-electron chi connectivity index (χ0n) is 11.1. The van der Waals surface area contributed by atoms with Gasteiger partial charge in [0.2, 0.25) is 0 Å². The van der Waals surface area contributed by atoms with Crippen LogP contribution in [0.2, 0.25) is 0 Å². The number of hydrogen-bond acceptors (Lipinski definition) is 2. The van der Waals surface area contributed by atoms with Crippen molar-refractivity contribution in [2.24, 2.45) is 11.3 Å². The molecule has 1 nitrogen and oxygen atoms in total. The summed E-state index contributed by atoms with van der Waals surface area (Å²) in [5, 5.41) is 3.91. The van der Waals surface area contributed by atoms with Gasteiger partial charge in [0.25, 0.3) is 0 Å². The average molecular weight is 241 g/mol. The molecule has 0 amide bonds. The van der Waals surface area contributed by atoms with Gasteiger partial charge in [-0.25, -0.2) is 0 Å². The van der Waals surface area contributed by atoms with Crippen LogP contribution >= 0.6 is 11.8 Å². The highest BCUT2D eigenvalue weighted by Gasteiger charge is 2.31. The Balaban J connectivity index is 1.77. The Morgan fingerprint density at radius 2 is 2.12 bits per heavy atom. The Bertz CT molecular complexity index is 223. The lowest BCUT2D eigenvalue weighted by Crippen LogP contribution is -2.45. The van der Waals surface area contributed by atoms with Crippen LogP contribution in [0.1, 0.15) is 52.9 Å². The molecule has 16 heavy (non-hydrogen) atoms. The molecule has 1 saturated carbocycles. The van der Waals surface area contributed by atoms with Crippen LogP contribution in [0.25, 0.3) is 0 Å². The Morgan fingerprint density at radius 3 is 2.69 bits per heavy atom. The van der Waals surface area contributed by atoms with E-state index in [1.165, 1.54) is 43.6 Å². The van der Waals surface area contributed by atoms with Gasteiger partial charge in [-0.15, -0.1) is 0 Å². The molecule has 0 aromatic rings. The van der Waals surface area contributed by atoms with E-state index in [0.717, 1.165) is 18.0 Å². The molecule has 0 bridgehead atoms. The Labute approximate surface area is 105 Å². The van der Waals surface area contributed by atoms with E-state index < -0.39 is 0 Å². The van der Waals surface area contributed by atoms with E-state index in [2.05, 4.69) is 37.8 Å². The molecule has 2 aliphatic rings. The third-order valence-electron chi connectivity index (χ3n) is 3.89. The highest BCUT2D eigenvalue weighted by molar-refractivity contribution is 7.99. The summed E-state index contributed by atoms with van der Waals surface area (Å²) in [5.74, 6) is 3.72. The van der Waals surface area contributed by atoms with E-state index in [4.69, 9.17) is 0 Å². The molecular weight excluding hydrogens is 214 g/mol. The van der Waals surface area contributed by atoms with Gasteiger partial charge in [-0.1, -0.05) is 33.6 Å². The molecule has 1 aliphatic carbocycles. The summed E-state index contributed by atoms with van der Waals surface area (Å²) in [5.41, 5.74) is 0.540. The van der Waals surface area contributed by atoms with Crippen molar-refractivity contribution in [3.05, 3.63) is 0 Å². The number of thioether (sulfide) groups is 1. The lowest BCUT2D eigenvalue weighted by atomic mass is 9.87. The zero-order valence-corrected chi connectivity index (χ0v) is 11.9. The molecule has 1 saturated heterocycles. The lowest BCUT2D eigenvalue weighted by molar-refractivity contribution is 0.289. The van der Waals surface area contributed by atoms with Crippen molar-refractivity contribution < 1.29 is 0 Å². The molecule has 0 radical (unpaired) electrons. The number of hydrogen-bond donors (Lipinski definition) is 1. The zero-order chi connectivity index (χ0) is 11.6. The van der Waals surface area contributed by atoms with Crippen LogP contribution in [-0.4, -0.2) is 23.6 Å². The van der Waals surface area contributed by atoms with E-state index in [9.17, 15) is 0 Å². The first-order chi connectivity index (χ1) is 7.59. The molecule has 2 rings (SSSR count). The molecule has 0 aromatic carbocycles. The van der Waals surface area contributed by atoms with Crippen molar-refractivity contribution in [2.45, 2.75) is 65.0 Å². The minimum absolute atomic E-state index is 0.540. The van der Waals surface area contributed by atoms with Crippen LogP contribution < -0.4 is 5.32 Å². The summed E-state index contributed by atoms with van der Waals surface area (Å²) >= 11 is 2.13. The van der Waals surface area contributed by atoms with E-state index in [0.29, 0.717) is 5.41 Å². The van der Waals surface area contributed by atoms with Crippen LogP contribution in [0.5, 0.6) is 0 Å². The molecule has 2 unspecified atom stereocenters. The van der Waals surface area contributed by atoms with Gasteiger partial charge < -0.3 is 5.32 Å². The summed E-state index contributed by atoms with van der Waals surface area (Å²) < 4.78 is 0. The van der Waals surface area contributed by atoms with Crippen molar-refractivity contribution in [3.8, 4) is 0 Å². The highest BCUT2D eigenvalue weighted by atomic mass is 32.2. The molecule has 0 spiro atoms. The van der Waals surface area contributed by atoms with Crippen molar-refractivity contribution >= 4 is 11.8 Å². The van der Waals surface area contributed by atoms with Gasteiger partial charge in [0.1, 0.15) is 0 Å². The van der Waals surface area contributed by atoms with Crippen molar-refractivity contribution in [2.75, 3.05) is 11.5 Å². The topological polar surface area (TPSA) is 12.0 Å². The molecule has 1 heterocycles. The fraction of sp³-hybridized carbons (Fsp3) is 1.00. The summed E-state index contributed by atoms with van der Waals surface area (Å²) in [7, 11) is 0. The number of rotatable bonds is 5. The Morgan fingerprint density at radius 1 is 1.38 bits per heavy atom. The molecule has 1 N–H and O–H groups in total. The summed E-state index contributed by atoms with van der Waals surface area (Å²) in [6.07, 6.45) is 7.07. The molecule has 1 aliphatic heterocycles. The maximum absolute atomic E-state index is 3.91. The second-order valence-corrected chi connectivity index (χ2v) is 7.56. The first kappa shape index (κ1) is 12.8. The maximum Gasteiger partial charge on any atom is 0.0166 e. The van der Waals surface area contributed by atoms with Gasteiger partial charge in [-0.05, 0) is 36.3 Å². The summed E-state index contributed by atoms with van der Waals surface area (Å²) in [6.45, 7) is 7.16. The number of nitrogens with one attached hydrogen (secondary N) is 1. The fourth-order valence-corrected chi connectivity index (χ4v) is 4.10. The standard InChI is InChI=1S/C14H27NS/c1-4-12(7-11-5-6-11)15-13-8-14(2,3)10-16-9-13/h11-13,15H,4-10H2,1-3H3. The third-order valence-corrected chi connectivity index (χ3v) is 5.51. The van der Waals surface area contributed by atoms with Crippen LogP contribution in [0.4, 0.5) is 0 Å². The van der Waals surface area contributed by atoms with Crippen LogP contribution in [0.15, 0.2) is 0 Å². The lowest BCUT2D eigenvalue weighted by Gasteiger charge is -2.37. The predicted molar refractivity (Wildman–Crippen MR) is 74.1 cm³/mol. The minimum atomic E-state index is 0.540. The quantitative estimate of drug-likeness (QED) is 0.788. The van der Waals surface area contributed by atoms with E-state index in [1.807, 2.05) is 0 Å². The SMILES string of the molecule is CCC(CC1CC1)NC1CSCC(C)(C)C1. The first-order valence-corrected chi connectivity index (χ1v) is 8.08. The maximum atomic E-state index is 3.91. The molecule has 2 fully saturated rings. The van der Waals surface area contributed by atoms with Crippen LogP contribution in [0.3, 0.4) is 0 Å². The summed E-state index contributed by atoms with van der Waals surface area (Å²) in [4.78, 5) is 0. The van der Waals surface area contributed by atoms with Crippen LogP contribution in [-0.2, 0) is 0 Å². The normalized spacial score (nSPS) is 31.3. The van der Waals surface area contributed by atoms with E-state index >= 15 is 0 Å². The molecule has 2 heteroatoms. The second kappa shape index (κ2) is 5.30. The van der Waals surface area contributed by atoms with Crippen molar-refractivity contribution in [1.82, 2.24) is 5.32 Å². The van der Waals surface area contributed by atoms with Crippen molar-refractivity contribution in [3.63, 3.8) is 0 Å². The van der Waals surface area contributed by atoms with Gasteiger partial charge in [-0.3, -0.25) is 0 Å². The van der Waals surface area contributed by atoms with Gasteiger partial charge >= 0.3 is 0 Å². The average Bonchev–Trinajstić information content (AvgIpc) is 2.99. The Hall–Kier alpha value is 0.310.